The Bertz CT molecular complexity index is 1360. The van der Waals surface area contributed by atoms with E-state index in [1.165, 1.54) is 12.1 Å². The minimum Gasteiger partial charge on any atom is -0.493 e. The summed E-state index contributed by atoms with van der Waals surface area (Å²) < 4.78 is 0. The van der Waals surface area contributed by atoms with Gasteiger partial charge in [-0.2, -0.15) is 0 Å². The molecule has 0 radical (unpaired) electrons. The van der Waals surface area contributed by atoms with E-state index < -0.39 is 5.97 Å². The zero-order chi connectivity index (χ0) is 24.1. The lowest BCUT2D eigenvalue weighted by atomic mass is 10.1. The highest BCUT2D eigenvalue weighted by molar-refractivity contribution is 7.13. The van der Waals surface area contributed by atoms with Crippen LogP contribution >= 0.6 is 11.3 Å². The number of anilines is 1. The van der Waals surface area contributed by atoms with Crippen molar-refractivity contribution in [3.8, 4) is 16.3 Å². The van der Waals surface area contributed by atoms with Crippen LogP contribution in [0.4, 0.5) is 5.69 Å². The molecule has 0 bridgehead atoms. The van der Waals surface area contributed by atoms with Gasteiger partial charge in [0.05, 0.1) is 17.0 Å². The van der Waals surface area contributed by atoms with Gasteiger partial charge in [-0.15, -0.1) is 0 Å². The molecule has 0 atom stereocenters. The van der Waals surface area contributed by atoms with Gasteiger partial charge in [0, 0.05) is 12.1 Å². The van der Waals surface area contributed by atoms with Crippen LogP contribution in [0.5, 0.6) is 5.88 Å². The standard InChI is InChI=1S/C26H22N2O5S/c29-22(14-11-17-5-2-1-3-6-17)28(21-8-4-7-20(15-21)25(31)32)16-18-9-12-19(13-10-18)23-24(30)27-26(33)34-23/h1-10,12-13,15,30H,11,14,16H2,(H,27,33)(H,31,32). The maximum atomic E-state index is 13.2. The van der Waals surface area contributed by atoms with E-state index in [4.69, 9.17) is 0 Å². The summed E-state index contributed by atoms with van der Waals surface area (Å²) in [4.78, 5) is 40.2. The number of aryl methyl sites for hydroxylation is 1. The molecule has 0 fully saturated rings. The van der Waals surface area contributed by atoms with E-state index in [1.807, 2.05) is 42.5 Å². The number of nitrogens with zero attached hydrogens (tertiary/aromatic N) is 1. The van der Waals surface area contributed by atoms with Crippen molar-refractivity contribution < 1.29 is 19.8 Å². The number of aromatic amines is 1. The number of hydrogen-bond acceptors (Lipinski definition) is 5. The number of rotatable bonds is 8. The Balaban J connectivity index is 1.59. The molecule has 0 spiro atoms. The summed E-state index contributed by atoms with van der Waals surface area (Å²) in [6.45, 7) is 0.242. The maximum absolute atomic E-state index is 13.2. The van der Waals surface area contributed by atoms with Gasteiger partial charge in [0.15, 0.2) is 0 Å². The minimum absolute atomic E-state index is 0.103. The van der Waals surface area contributed by atoms with E-state index in [0.29, 0.717) is 22.5 Å². The molecule has 0 aliphatic carbocycles. The number of hydrogen-bond donors (Lipinski definition) is 3. The maximum Gasteiger partial charge on any atom is 0.335 e. The zero-order valence-corrected chi connectivity index (χ0v) is 18.9. The largest absolute Gasteiger partial charge is 0.493 e. The summed E-state index contributed by atoms with van der Waals surface area (Å²) in [5.41, 5.74) is 3.15. The number of carboxylic acid groups (broad SMARTS) is 1. The number of aromatic hydroxyl groups is 1. The van der Waals surface area contributed by atoms with Gasteiger partial charge in [0.2, 0.25) is 11.8 Å². The minimum atomic E-state index is -1.06. The van der Waals surface area contributed by atoms with Crippen LogP contribution in [-0.4, -0.2) is 27.1 Å². The molecule has 3 N–H and O–H groups in total. The fraction of sp³-hybridized carbons (Fsp3) is 0.115. The first-order chi connectivity index (χ1) is 16.4. The molecule has 34 heavy (non-hydrogen) atoms. The van der Waals surface area contributed by atoms with Crippen molar-refractivity contribution in [1.82, 2.24) is 4.98 Å². The van der Waals surface area contributed by atoms with Crippen LogP contribution in [0.3, 0.4) is 0 Å². The molecule has 8 heteroatoms. The average Bonchev–Trinajstić information content (AvgIpc) is 3.19. The SMILES string of the molecule is O=C(O)c1cccc(N(Cc2ccc(-c3sc(=O)[nH]c3O)cc2)C(=O)CCc2ccccc2)c1. The number of carboxylic acids is 1. The van der Waals surface area contributed by atoms with Crippen molar-refractivity contribution in [3.05, 3.63) is 105 Å². The highest BCUT2D eigenvalue weighted by atomic mass is 32.1. The number of carbonyl (C=O) groups is 2. The highest BCUT2D eigenvalue weighted by Gasteiger charge is 2.18. The Morgan fingerprint density at radius 3 is 2.29 bits per heavy atom. The molecule has 172 valence electrons. The van der Waals surface area contributed by atoms with E-state index in [2.05, 4.69) is 4.98 Å². The molecular formula is C26H22N2O5S. The summed E-state index contributed by atoms with van der Waals surface area (Å²) in [6.07, 6.45) is 0.837. The van der Waals surface area contributed by atoms with Gasteiger partial charge in [-0.05, 0) is 41.3 Å². The number of carbonyl (C=O) groups excluding carboxylic acids is 1. The van der Waals surface area contributed by atoms with Gasteiger partial charge in [0.25, 0.3) is 0 Å². The normalized spacial score (nSPS) is 10.7. The molecule has 4 aromatic rings. The van der Waals surface area contributed by atoms with Gasteiger partial charge < -0.3 is 15.1 Å². The number of aromatic carboxylic acids is 1. The van der Waals surface area contributed by atoms with Gasteiger partial charge in [-0.1, -0.05) is 72.0 Å². The van der Waals surface area contributed by atoms with Crippen LogP contribution < -0.4 is 9.77 Å². The lowest BCUT2D eigenvalue weighted by Gasteiger charge is -2.24. The predicted molar refractivity (Wildman–Crippen MR) is 131 cm³/mol. The molecule has 0 saturated carbocycles. The fourth-order valence-corrected chi connectivity index (χ4v) is 4.36. The molecule has 1 amide bonds. The lowest BCUT2D eigenvalue weighted by Crippen LogP contribution is -2.30. The molecule has 0 unspecified atom stereocenters. The molecule has 4 rings (SSSR count). The van der Waals surface area contributed by atoms with E-state index in [9.17, 15) is 24.6 Å². The van der Waals surface area contributed by atoms with Gasteiger partial charge in [-0.25, -0.2) is 4.79 Å². The van der Waals surface area contributed by atoms with E-state index >= 15 is 0 Å². The molecule has 1 heterocycles. The van der Waals surface area contributed by atoms with Crippen LogP contribution in [0.2, 0.25) is 0 Å². The highest BCUT2D eigenvalue weighted by Crippen LogP contribution is 2.30. The molecule has 0 saturated heterocycles. The third-order valence-corrected chi connectivity index (χ3v) is 6.28. The Kier molecular flexibility index (Phi) is 6.89. The van der Waals surface area contributed by atoms with Gasteiger partial charge in [-0.3, -0.25) is 14.6 Å². The number of nitrogens with one attached hydrogen (secondary N) is 1. The van der Waals surface area contributed by atoms with Gasteiger partial charge in [0.1, 0.15) is 0 Å². The van der Waals surface area contributed by atoms with E-state index in [-0.39, 0.29) is 35.2 Å². The third kappa shape index (κ3) is 5.41. The van der Waals surface area contributed by atoms with Crippen LogP contribution in [0, 0.1) is 0 Å². The molecule has 0 aliphatic rings. The van der Waals surface area contributed by atoms with E-state index in [0.717, 1.165) is 22.5 Å². The number of aromatic nitrogens is 1. The monoisotopic (exact) mass is 474 g/mol. The van der Waals surface area contributed by atoms with Crippen LogP contribution in [0.15, 0.2) is 83.7 Å². The molecular weight excluding hydrogens is 452 g/mol. The quantitative estimate of drug-likeness (QED) is 0.344. The zero-order valence-electron chi connectivity index (χ0n) is 18.1. The van der Waals surface area contributed by atoms with Crippen molar-refractivity contribution in [2.45, 2.75) is 19.4 Å². The Hall–Kier alpha value is -4.17. The predicted octanol–water partition coefficient (Wildman–Crippen LogP) is 4.67. The molecule has 1 aromatic heterocycles. The first-order valence-corrected chi connectivity index (χ1v) is 11.4. The van der Waals surface area contributed by atoms with Crippen molar-refractivity contribution in [3.63, 3.8) is 0 Å². The van der Waals surface area contributed by atoms with Crippen molar-refractivity contribution in [1.29, 1.82) is 0 Å². The third-order valence-electron chi connectivity index (χ3n) is 5.36. The number of thiazole rings is 1. The van der Waals surface area contributed by atoms with Crippen LogP contribution in [0.25, 0.3) is 10.4 Å². The Morgan fingerprint density at radius 1 is 0.912 bits per heavy atom. The first kappa shape index (κ1) is 23.0. The summed E-state index contributed by atoms with van der Waals surface area (Å²) >= 11 is 0.917. The summed E-state index contributed by atoms with van der Waals surface area (Å²) in [7, 11) is 0. The molecule has 3 aromatic carbocycles. The van der Waals surface area contributed by atoms with E-state index in [1.54, 1.807) is 29.2 Å². The average molecular weight is 475 g/mol. The number of benzene rings is 3. The Labute approximate surface area is 199 Å². The van der Waals surface area contributed by atoms with Crippen molar-refractivity contribution in [2.24, 2.45) is 0 Å². The summed E-state index contributed by atoms with van der Waals surface area (Å²) in [5.74, 6) is -1.36. The van der Waals surface area contributed by atoms with Crippen LogP contribution in [0.1, 0.15) is 27.9 Å². The second-order valence-electron chi connectivity index (χ2n) is 7.71. The second kappa shape index (κ2) is 10.2. The fourth-order valence-electron chi connectivity index (χ4n) is 3.62. The summed E-state index contributed by atoms with van der Waals surface area (Å²) in [5, 5.41) is 19.3. The van der Waals surface area contributed by atoms with Crippen LogP contribution in [-0.2, 0) is 17.8 Å². The Morgan fingerprint density at radius 2 is 1.65 bits per heavy atom. The number of H-pyrrole nitrogens is 1. The lowest BCUT2D eigenvalue weighted by molar-refractivity contribution is -0.118. The molecule has 7 nitrogen and oxygen atoms in total. The first-order valence-electron chi connectivity index (χ1n) is 10.6. The smallest absolute Gasteiger partial charge is 0.335 e. The topological polar surface area (TPSA) is 111 Å². The van der Waals surface area contributed by atoms with Crippen molar-refractivity contribution in [2.75, 3.05) is 4.90 Å². The van der Waals surface area contributed by atoms with Crippen molar-refractivity contribution >= 4 is 28.9 Å². The summed E-state index contributed by atoms with van der Waals surface area (Å²) in [6, 6.07) is 23.2. The molecule has 0 aliphatic heterocycles. The van der Waals surface area contributed by atoms with Gasteiger partial charge >= 0.3 is 10.8 Å². The number of amides is 1. The second-order valence-corrected chi connectivity index (χ2v) is 8.69.